The average Bonchev–Trinajstić information content (AvgIpc) is 2.83. The molecule has 0 radical (unpaired) electrons. The maximum atomic E-state index is 12.5. The number of unbranched alkanes of at least 4 members (excludes halogenated alkanes) is 2. The lowest BCUT2D eigenvalue weighted by Gasteiger charge is -2.22. The summed E-state index contributed by atoms with van der Waals surface area (Å²) in [6.45, 7) is 13.3. The van der Waals surface area contributed by atoms with E-state index >= 15 is 0 Å². The highest BCUT2D eigenvalue weighted by atomic mass is 16.5. The number of carbonyl (C=O) groups excluding carboxylic acids is 2. The highest BCUT2D eigenvalue weighted by Crippen LogP contribution is 2.27. The summed E-state index contributed by atoms with van der Waals surface area (Å²) in [7, 11) is 0. The second-order valence-electron chi connectivity index (χ2n) is 9.99. The van der Waals surface area contributed by atoms with Gasteiger partial charge in [-0.05, 0) is 63.6 Å². The fourth-order valence-corrected chi connectivity index (χ4v) is 3.82. The Labute approximate surface area is 213 Å². The number of rotatable bonds is 18. The molecular weight excluding hydrogens is 442 g/mol. The molecule has 1 unspecified atom stereocenters. The van der Waals surface area contributed by atoms with Crippen molar-refractivity contribution in [3.63, 3.8) is 0 Å². The van der Waals surface area contributed by atoms with Crippen LogP contribution in [-0.4, -0.2) is 60.8 Å². The van der Waals surface area contributed by atoms with E-state index in [-0.39, 0.29) is 12.0 Å². The number of hydrogen-bond acceptors (Lipinski definition) is 5. The summed E-state index contributed by atoms with van der Waals surface area (Å²) in [6.07, 6.45) is 6.90. The summed E-state index contributed by atoms with van der Waals surface area (Å²) in [5.41, 5.74) is 0.600. The molecule has 0 heterocycles. The Morgan fingerprint density at radius 3 is 2.26 bits per heavy atom. The molecule has 0 spiro atoms. The molecule has 0 aromatic heterocycles. The number of hydrogen-bond donors (Lipinski definition) is 3. The molecule has 0 aliphatic heterocycles. The van der Waals surface area contributed by atoms with Gasteiger partial charge in [0.25, 0.3) is 0 Å². The lowest BCUT2D eigenvalue weighted by molar-refractivity contribution is -0.144. The molecular formula is C28H49N3O4. The van der Waals surface area contributed by atoms with Crippen molar-refractivity contribution in [1.29, 1.82) is 0 Å². The summed E-state index contributed by atoms with van der Waals surface area (Å²) >= 11 is 0. The van der Waals surface area contributed by atoms with Crippen LogP contribution < -0.4 is 15.4 Å². The number of amides is 2. The molecule has 2 amide bonds. The summed E-state index contributed by atoms with van der Waals surface area (Å²) in [6, 6.07) is 7.51. The zero-order valence-electron chi connectivity index (χ0n) is 22.7. The first-order chi connectivity index (χ1) is 16.7. The van der Waals surface area contributed by atoms with E-state index in [2.05, 4.69) is 31.4 Å². The zero-order chi connectivity index (χ0) is 26.1. The third-order valence-electron chi connectivity index (χ3n) is 6.09. The Morgan fingerprint density at radius 1 is 1.00 bits per heavy atom. The van der Waals surface area contributed by atoms with Gasteiger partial charge in [0, 0.05) is 32.7 Å². The van der Waals surface area contributed by atoms with Crippen LogP contribution in [0, 0.1) is 5.41 Å². The highest BCUT2D eigenvalue weighted by molar-refractivity contribution is 5.78. The van der Waals surface area contributed by atoms with E-state index in [1.54, 1.807) is 0 Å². The largest absolute Gasteiger partial charge is 0.426 e. The van der Waals surface area contributed by atoms with Crippen LogP contribution in [0.2, 0.25) is 0 Å². The number of aliphatic hydroxyl groups is 1. The SMILES string of the molecule is CCCCCC(C)(C)C(=O)Oc1ccc(CCC(O)CNCCNC(=O)N(CCC)CCC)cc1. The average molecular weight is 492 g/mol. The van der Waals surface area contributed by atoms with Crippen LogP contribution in [0.3, 0.4) is 0 Å². The van der Waals surface area contributed by atoms with Gasteiger partial charge in [-0.2, -0.15) is 0 Å². The van der Waals surface area contributed by atoms with Crippen LogP contribution in [0.5, 0.6) is 5.75 Å². The van der Waals surface area contributed by atoms with Gasteiger partial charge in [0.2, 0.25) is 0 Å². The van der Waals surface area contributed by atoms with Crippen LogP contribution in [0.1, 0.15) is 85.1 Å². The van der Waals surface area contributed by atoms with Crippen LogP contribution in [0.25, 0.3) is 0 Å². The van der Waals surface area contributed by atoms with Gasteiger partial charge in [0.1, 0.15) is 5.75 Å². The number of aryl methyl sites for hydroxylation is 1. The van der Waals surface area contributed by atoms with Crippen LogP contribution >= 0.6 is 0 Å². The summed E-state index contributed by atoms with van der Waals surface area (Å²) < 4.78 is 5.59. The highest BCUT2D eigenvalue weighted by Gasteiger charge is 2.29. The molecule has 1 aromatic carbocycles. The van der Waals surface area contributed by atoms with Crippen molar-refractivity contribution in [3.05, 3.63) is 29.8 Å². The number of nitrogens with one attached hydrogen (secondary N) is 2. The number of aliphatic hydroxyl groups excluding tert-OH is 1. The number of esters is 1. The van der Waals surface area contributed by atoms with Crippen molar-refractivity contribution >= 4 is 12.0 Å². The van der Waals surface area contributed by atoms with Crippen molar-refractivity contribution in [1.82, 2.24) is 15.5 Å². The molecule has 0 aliphatic rings. The van der Waals surface area contributed by atoms with Crippen molar-refractivity contribution < 1.29 is 19.4 Å². The molecule has 0 saturated carbocycles. The van der Waals surface area contributed by atoms with Crippen LogP contribution in [0.4, 0.5) is 4.79 Å². The molecule has 0 saturated heterocycles. The summed E-state index contributed by atoms with van der Waals surface area (Å²) in [4.78, 5) is 26.5. The number of urea groups is 1. The van der Waals surface area contributed by atoms with E-state index in [4.69, 9.17) is 4.74 Å². The number of ether oxygens (including phenoxy) is 1. The lowest BCUT2D eigenvalue weighted by Crippen LogP contribution is -2.43. The molecule has 35 heavy (non-hydrogen) atoms. The molecule has 1 atom stereocenters. The van der Waals surface area contributed by atoms with E-state index in [0.29, 0.717) is 31.8 Å². The molecule has 1 rings (SSSR count). The molecule has 200 valence electrons. The standard InChI is InChI=1S/C28H49N3O4/c1-6-9-10-17-28(4,5)26(33)35-25-15-12-23(13-16-25)11-14-24(32)22-29-18-19-30-27(34)31(20-7-2)21-8-3/h12-13,15-16,24,29,32H,6-11,14,17-22H2,1-5H3,(H,30,34). The Morgan fingerprint density at radius 2 is 1.66 bits per heavy atom. The third kappa shape index (κ3) is 13.0. The second-order valence-corrected chi connectivity index (χ2v) is 9.99. The zero-order valence-corrected chi connectivity index (χ0v) is 22.7. The third-order valence-corrected chi connectivity index (χ3v) is 6.09. The van der Waals surface area contributed by atoms with Crippen molar-refractivity contribution in [2.75, 3.05) is 32.7 Å². The quantitative estimate of drug-likeness (QED) is 0.154. The minimum Gasteiger partial charge on any atom is -0.426 e. The van der Waals surface area contributed by atoms with Gasteiger partial charge in [-0.25, -0.2) is 4.79 Å². The van der Waals surface area contributed by atoms with Gasteiger partial charge in [0.05, 0.1) is 11.5 Å². The Kier molecular flexibility index (Phi) is 15.3. The van der Waals surface area contributed by atoms with Crippen LogP contribution in [-0.2, 0) is 11.2 Å². The van der Waals surface area contributed by atoms with Gasteiger partial charge in [-0.3, -0.25) is 4.79 Å². The maximum absolute atomic E-state index is 12.5. The first-order valence-electron chi connectivity index (χ1n) is 13.5. The van der Waals surface area contributed by atoms with Gasteiger partial charge in [-0.15, -0.1) is 0 Å². The Hall–Kier alpha value is -2.12. The summed E-state index contributed by atoms with van der Waals surface area (Å²) in [5.74, 6) is 0.366. The smallest absolute Gasteiger partial charge is 0.317 e. The fraction of sp³-hybridized carbons (Fsp3) is 0.714. The van der Waals surface area contributed by atoms with Crippen molar-refractivity contribution in [3.8, 4) is 5.75 Å². The van der Waals surface area contributed by atoms with E-state index in [9.17, 15) is 14.7 Å². The van der Waals surface area contributed by atoms with Gasteiger partial charge in [0.15, 0.2) is 0 Å². The Balaban J connectivity index is 2.29. The number of carbonyl (C=O) groups is 2. The maximum Gasteiger partial charge on any atom is 0.317 e. The molecule has 0 aliphatic carbocycles. The van der Waals surface area contributed by atoms with Crippen molar-refractivity contribution in [2.45, 2.75) is 92.1 Å². The minimum absolute atomic E-state index is 0.0229. The van der Waals surface area contributed by atoms with E-state index in [1.165, 1.54) is 0 Å². The predicted molar refractivity (Wildman–Crippen MR) is 143 cm³/mol. The second kappa shape index (κ2) is 17.3. The summed E-state index contributed by atoms with van der Waals surface area (Å²) in [5, 5.41) is 16.4. The van der Waals surface area contributed by atoms with E-state index in [0.717, 1.165) is 63.6 Å². The molecule has 7 heteroatoms. The monoisotopic (exact) mass is 491 g/mol. The van der Waals surface area contributed by atoms with Gasteiger partial charge >= 0.3 is 12.0 Å². The molecule has 3 N–H and O–H groups in total. The topological polar surface area (TPSA) is 90.9 Å². The van der Waals surface area contributed by atoms with Crippen LogP contribution in [0.15, 0.2) is 24.3 Å². The van der Waals surface area contributed by atoms with Gasteiger partial charge < -0.3 is 25.4 Å². The first kappa shape index (κ1) is 30.9. The van der Waals surface area contributed by atoms with E-state index in [1.807, 2.05) is 43.0 Å². The normalized spacial score (nSPS) is 12.3. The molecule has 1 aromatic rings. The fourth-order valence-electron chi connectivity index (χ4n) is 3.82. The Bertz CT molecular complexity index is 715. The number of benzene rings is 1. The van der Waals surface area contributed by atoms with E-state index < -0.39 is 11.5 Å². The molecule has 0 bridgehead atoms. The predicted octanol–water partition coefficient (Wildman–Crippen LogP) is 4.91. The molecule has 0 fully saturated rings. The lowest BCUT2D eigenvalue weighted by atomic mass is 9.87. The number of nitrogens with zero attached hydrogens (tertiary/aromatic N) is 1. The minimum atomic E-state index is -0.488. The van der Waals surface area contributed by atoms with Crippen molar-refractivity contribution in [2.24, 2.45) is 5.41 Å². The first-order valence-corrected chi connectivity index (χ1v) is 13.5. The molecule has 7 nitrogen and oxygen atoms in total. The van der Waals surface area contributed by atoms with Gasteiger partial charge in [-0.1, -0.05) is 52.2 Å².